The van der Waals surface area contributed by atoms with Crippen LogP contribution in [0.25, 0.3) is 0 Å². The van der Waals surface area contributed by atoms with Crippen LogP contribution in [0.15, 0.2) is 23.8 Å². The Labute approximate surface area is 221 Å². The predicted octanol–water partition coefficient (Wildman–Crippen LogP) is 6.64. The second-order valence-electron chi connectivity index (χ2n) is 12.2. The topological polar surface area (TPSA) is 89.9 Å². The second-order valence-corrected chi connectivity index (χ2v) is 12.2. The molecule has 0 spiro atoms. The van der Waals surface area contributed by atoms with Crippen molar-refractivity contribution in [3.63, 3.8) is 0 Å². The van der Waals surface area contributed by atoms with Crippen molar-refractivity contribution >= 4 is 17.5 Å². The Balaban J connectivity index is 2.15. The van der Waals surface area contributed by atoms with Gasteiger partial charge in [-0.25, -0.2) is 4.79 Å². The first-order valence-corrected chi connectivity index (χ1v) is 13.7. The monoisotopic (exact) mass is 512 g/mol. The number of ether oxygens (including phenoxy) is 2. The third-order valence-electron chi connectivity index (χ3n) is 8.49. The molecule has 0 heterocycles. The van der Waals surface area contributed by atoms with Crippen molar-refractivity contribution in [3.05, 3.63) is 34.9 Å². The molecule has 1 N–H and O–H groups in total. The van der Waals surface area contributed by atoms with Gasteiger partial charge in [-0.3, -0.25) is 9.59 Å². The molecule has 1 aromatic carbocycles. The van der Waals surface area contributed by atoms with Crippen LogP contribution in [-0.4, -0.2) is 35.9 Å². The van der Waals surface area contributed by atoms with Crippen LogP contribution in [0.1, 0.15) is 104 Å². The summed E-state index contributed by atoms with van der Waals surface area (Å²) in [6.45, 7) is 13.6. The number of allylic oxidation sites excluding steroid dienone is 1. The zero-order chi connectivity index (χ0) is 27.5. The number of carboxylic acids is 1. The Kier molecular flexibility index (Phi) is 8.92. The van der Waals surface area contributed by atoms with Crippen molar-refractivity contribution in [2.24, 2.45) is 17.3 Å². The van der Waals surface area contributed by atoms with Gasteiger partial charge in [0.05, 0.1) is 0 Å². The lowest BCUT2D eigenvalue weighted by atomic mass is 9.45. The van der Waals surface area contributed by atoms with Crippen molar-refractivity contribution < 1.29 is 29.0 Å². The molecule has 1 unspecified atom stereocenters. The molecule has 0 aromatic heterocycles. The van der Waals surface area contributed by atoms with Crippen LogP contribution >= 0.6 is 0 Å². The number of hydrogen-bond donors (Lipinski definition) is 1. The third-order valence-corrected chi connectivity index (χ3v) is 8.49. The van der Waals surface area contributed by atoms with Crippen molar-refractivity contribution in [2.45, 2.75) is 98.3 Å². The van der Waals surface area contributed by atoms with E-state index in [1.165, 1.54) is 33.1 Å². The smallest absolute Gasteiger partial charge is 0.331 e. The van der Waals surface area contributed by atoms with Gasteiger partial charge >= 0.3 is 5.97 Å². The Bertz CT molecular complexity index is 1020. The van der Waals surface area contributed by atoms with Gasteiger partial charge in [-0.1, -0.05) is 66.4 Å². The maximum Gasteiger partial charge on any atom is 0.331 e. The fourth-order valence-corrected chi connectivity index (χ4v) is 6.08. The summed E-state index contributed by atoms with van der Waals surface area (Å²) in [6.07, 6.45) is 8.24. The van der Waals surface area contributed by atoms with Gasteiger partial charge in [0.1, 0.15) is 24.7 Å². The van der Waals surface area contributed by atoms with Crippen molar-refractivity contribution in [3.8, 4) is 11.5 Å². The average molecular weight is 513 g/mol. The highest BCUT2D eigenvalue weighted by atomic mass is 16.5. The number of carbonyl (C=O) groups excluding carboxylic acids is 2. The van der Waals surface area contributed by atoms with E-state index in [4.69, 9.17) is 9.47 Å². The molecular formula is C31H44O6. The predicted molar refractivity (Wildman–Crippen MR) is 144 cm³/mol. The third kappa shape index (κ3) is 6.27. The highest BCUT2D eigenvalue weighted by Gasteiger charge is 2.57. The van der Waals surface area contributed by atoms with Gasteiger partial charge in [0, 0.05) is 17.1 Å². The van der Waals surface area contributed by atoms with Crippen molar-refractivity contribution in [2.75, 3.05) is 13.2 Å². The highest BCUT2D eigenvalue weighted by molar-refractivity contribution is 5.88. The molecule has 1 saturated carbocycles. The summed E-state index contributed by atoms with van der Waals surface area (Å²) in [5.41, 5.74) is 1.81. The molecule has 1 aromatic rings. The molecule has 1 fully saturated rings. The first-order chi connectivity index (χ1) is 17.3. The molecule has 3 atom stereocenters. The molecule has 3 aliphatic rings. The molecule has 204 valence electrons. The van der Waals surface area contributed by atoms with Gasteiger partial charge in [0.2, 0.25) is 0 Å². The standard InChI is InChI=1S/C31H44O6/c1-8-9-10-11-12-30(4,5)21-13-26(36-17-19(2)32)28(27(14-21)37-18-20(3)33)22-15-23(29(34)35)25-16-24(22)31(25,6)7/h13-15,22,24-25H,8-12,16-18H2,1-7H3,(H,34,35)/t22-,24?,25-/m0/s1. The summed E-state index contributed by atoms with van der Waals surface area (Å²) in [5.74, 6) is -0.0597. The maximum absolute atomic E-state index is 12.2. The number of rotatable bonds is 14. The minimum absolute atomic E-state index is 0.00996. The minimum atomic E-state index is -0.900. The summed E-state index contributed by atoms with van der Waals surface area (Å²) in [4.78, 5) is 36.0. The zero-order valence-electron chi connectivity index (χ0n) is 23.6. The molecule has 37 heavy (non-hydrogen) atoms. The number of unbranched alkanes of at least 4 members (excludes halogenated alkanes) is 3. The summed E-state index contributed by atoms with van der Waals surface area (Å²) in [5, 5.41) is 9.97. The SMILES string of the molecule is CCCCCCC(C)(C)c1cc(OCC(C)=O)c([C@H]2C=C(C(=O)O)[C@@H]3CC2C3(C)C)c(OCC(C)=O)c1. The van der Waals surface area contributed by atoms with Gasteiger partial charge in [-0.05, 0) is 67.1 Å². The van der Waals surface area contributed by atoms with Crippen LogP contribution in [-0.2, 0) is 19.8 Å². The number of carbonyl (C=O) groups is 3. The summed E-state index contributed by atoms with van der Waals surface area (Å²) in [6, 6.07) is 4.01. The largest absolute Gasteiger partial charge is 0.485 e. The summed E-state index contributed by atoms with van der Waals surface area (Å²) >= 11 is 0. The van der Waals surface area contributed by atoms with E-state index in [2.05, 4.69) is 34.6 Å². The number of fused-ring (bicyclic) bond motifs is 1. The van der Waals surface area contributed by atoms with Crippen LogP contribution < -0.4 is 9.47 Å². The Morgan fingerprint density at radius 3 is 2.03 bits per heavy atom. The van der Waals surface area contributed by atoms with E-state index in [1.54, 1.807) is 0 Å². The van der Waals surface area contributed by atoms with Crippen molar-refractivity contribution in [1.82, 2.24) is 0 Å². The van der Waals surface area contributed by atoms with Gasteiger partial charge in [0.15, 0.2) is 11.6 Å². The lowest BCUT2D eigenvalue weighted by Crippen LogP contribution is -2.52. The van der Waals surface area contributed by atoms with Crippen LogP contribution in [0.3, 0.4) is 0 Å². The fraction of sp³-hybridized carbons (Fsp3) is 0.645. The van der Waals surface area contributed by atoms with Gasteiger partial charge < -0.3 is 14.6 Å². The molecule has 0 aliphatic heterocycles. The van der Waals surface area contributed by atoms with E-state index in [-0.39, 0.29) is 53.4 Å². The molecule has 3 aliphatic carbocycles. The number of carboxylic acid groups (broad SMARTS) is 1. The van der Waals surface area contributed by atoms with Crippen LogP contribution in [0.2, 0.25) is 0 Å². The molecule has 0 saturated heterocycles. The number of ketones is 2. The molecular weight excluding hydrogens is 468 g/mol. The van der Waals surface area contributed by atoms with E-state index in [9.17, 15) is 19.5 Å². The second kappa shape index (κ2) is 11.4. The Hall–Kier alpha value is -2.63. The zero-order valence-corrected chi connectivity index (χ0v) is 23.6. The highest BCUT2D eigenvalue weighted by Crippen LogP contribution is 2.65. The van der Waals surface area contributed by atoms with Gasteiger partial charge in [0.25, 0.3) is 0 Å². The lowest BCUT2D eigenvalue weighted by Gasteiger charge is -2.58. The molecule has 6 heteroatoms. The van der Waals surface area contributed by atoms with E-state index >= 15 is 0 Å². The van der Waals surface area contributed by atoms with Gasteiger partial charge in [-0.15, -0.1) is 0 Å². The molecule has 0 amide bonds. The first kappa shape index (κ1) is 28.9. The normalized spacial score (nSPS) is 22.0. The van der Waals surface area contributed by atoms with E-state index in [0.717, 1.165) is 30.4 Å². The minimum Gasteiger partial charge on any atom is -0.485 e. The number of hydrogen-bond acceptors (Lipinski definition) is 5. The van der Waals surface area contributed by atoms with E-state index in [0.29, 0.717) is 17.1 Å². The number of Topliss-reactive ketones (excluding diaryl/α,β-unsaturated/α-hetero) is 2. The average Bonchev–Trinajstić information content (AvgIpc) is 2.82. The van der Waals surface area contributed by atoms with E-state index < -0.39 is 5.97 Å². The lowest BCUT2D eigenvalue weighted by molar-refractivity contribution is -0.137. The number of benzene rings is 1. The molecule has 6 nitrogen and oxygen atoms in total. The van der Waals surface area contributed by atoms with Crippen LogP contribution in [0.5, 0.6) is 11.5 Å². The molecule has 4 rings (SSSR count). The molecule has 2 bridgehead atoms. The Morgan fingerprint density at radius 1 is 1.00 bits per heavy atom. The van der Waals surface area contributed by atoms with Crippen molar-refractivity contribution in [1.29, 1.82) is 0 Å². The van der Waals surface area contributed by atoms with Gasteiger partial charge in [-0.2, -0.15) is 0 Å². The summed E-state index contributed by atoms with van der Waals surface area (Å²) < 4.78 is 12.2. The fourth-order valence-electron chi connectivity index (χ4n) is 6.08. The Morgan fingerprint density at radius 2 is 1.57 bits per heavy atom. The van der Waals surface area contributed by atoms with Crippen LogP contribution in [0.4, 0.5) is 0 Å². The number of aliphatic carboxylic acids is 1. The quantitative estimate of drug-likeness (QED) is 0.281. The first-order valence-electron chi connectivity index (χ1n) is 13.7. The maximum atomic E-state index is 12.2. The van der Waals surface area contributed by atoms with E-state index in [1.807, 2.05) is 18.2 Å². The summed E-state index contributed by atoms with van der Waals surface area (Å²) in [7, 11) is 0. The molecule has 0 radical (unpaired) electrons. The van der Waals surface area contributed by atoms with Crippen LogP contribution in [0, 0.1) is 17.3 Å².